The molecular weight excluding hydrogens is 306 g/mol. The Labute approximate surface area is 134 Å². The summed E-state index contributed by atoms with van der Waals surface area (Å²) in [5, 5.41) is 3.35. The highest BCUT2D eigenvalue weighted by molar-refractivity contribution is 7.16. The van der Waals surface area contributed by atoms with Crippen LogP contribution in [0, 0.1) is 6.92 Å². The van der Waals surface area contributed by atoms with Crippen LogP contribution in [0.5, 0.6) is 5.75 Å². The van der Waals surface area contributed by atoms with Crippen LogP contribution in [0.25, 0.3) is 0 Å². The van der Waals surface area contributed by atoms with E-state index in [1.165, 1.54) is 5.56 Å². The molecule has 0 radical (unpaired) electrons. The summed E-state index contributed by atoms with van der Waals surface area (Å²) in [6.45, 7) is 4.93. The molecule has 21 heavy (non-hydrogen) atoms. The van der Waals surface area contributed by atoms with Crippen LogP contribution in [0.15, 0.2) is 30.3 Å². The van der Waals surface area contributed by atoms with Gasteiger partial charge in [-0.2, -0.15) is 0 Å². The number of thiophene rings is 1. The second kappa shape index (κ2) is 8.39. The third-order valence-corrected chi connectivity index (χ3v) is 4.22. The topological polar surface area (TPSA) is 30.5 Å². The molecule has 0 spiro atoms. The Hall–Kier alpha value is -1.07. The van der Waals surface area contributed by atoms with Crippen LogP contribution < -0.4 is 10.1 Å². The predicted molar refractivity (Wildman–Crippen MR) is 88.4 cm³/mol. The summed E-state index contributed by atoms with van der Waals surface area (Å²) >= 11 is 7.48. The average Bonchev–Trinajstić information content (AvgIpc) is 2.88. The lowest BCUT2D eigenvalue weighted by Crippen LogP contribution is -2.19. The van der Waals surface area contributed by atoms with Gasteiger partial charge in [0.15, 0.2) is 0 Å². The van der Waals surface area contributed by atoms with Gasteiger partial charge in [0.05, 0.1) is 10.9 Å². The smallest absolute Gasteiger partial charge is 0.124 e. The van der Waals surface area contributed by atoms with Crippen molar-refractivity contribution >= 4 is 22.9 Å². The predicted octanol–water partition coefficient (Wildman–Crippen LogP) is 4.02. The summed E-state index contributed by atoms with van der Waals surface area (Å²) in [5.41, 5.74) is 2.39. The van der Waals surface area contributed by atoms with E-state index >= 15 is 0 Å². The fourth-order valence-corrected chi connectivity index (χ4v) is 2.96. The zero-order valence-electron chi connectivity index (χ0n) is 12.3. The summed E-state index contributed by atoms with van der Waals surface area (Å²) in [5.74, 6) is 0.912. The van der Waals surface area contributed by atoms with E-state index in [-0.39, 0.29) is 0 Å². The third kappa shape index (κ3) is 5.32. The molecule has 2 rings (SSSR count). The van der Waals surface area contributed by atoms with Gasteiger partial charge in [-0.15, -0.1) is 11.3 Å². The molecule has 114 valence electrons. The number of methoxy groups -OCH3 is 1. The van der Waals surface area contributed by atoms with Crippen molar-refractivity contribution in [3.8, 4) is 5.75 Å². The second-order valence-corrected chi connectivity index (χ2v) is 6.57. The molecular formula is C16H20ClNO2S. The average molecular weight is 326 g/mol. The lowest BCUT2D eigenvalue weighted by Gasteiger charge is -2.12. The van der Waals surface area contributed by atoms with Gasteiger partial charge in [-0.05, 0) is 25.1 Å². The minimum absolute atomic E-state index is 0.547. The van der Waals surface area contributed by atoms with E-state index in [2.05, 4.69) is 24.4 Å². The van der Waals surface area contributed by atoms with Crippen LogP contribution in [0.3, 0.4) is 0 Å². The normalized spacial score (nSPS) is 10.8. The van der Waals surface area contributed by atoms with Crippen LogP contribution >= 0.6 is 22.9 Å². The van der Waals surface area contributed by atoms with Gasteiger partial charge in [0.1, 0.15) is 12.4 Å². The summed E-state index contributed by atoms with van der Waals surface area (Å²) in [7, 11) is 1.70. The van der Waals surface area contributed by atoms with Gasteiger partial charge < -0.3 is 14.8 Å². The molecule has 0 saturated carbocycles. The molecule has 0 saturated heterocycles. The molecule has 0 unspecified atom stereocenters. The molecule has 0 bridgehead atoms. The SMILES string of the molecule is COCCNCc1cc(C)ccc1OCc1ccc(Cl)s1. The highest BCUT2D eigenvalue weighted by atomic mass is 35.5. The Bertz CT molecular complexity index is 571. The first-order valence-corrected chi connectivity index (χ1v) is 8.04. The monoisotopic (exact) mass is 325 g/mol. The lowest BCUT2D eigenvalue weighted by molar-refractivity contribution is 0.199. The van der Waals surface area contributed by atoms with Crippen LogP contribution in [0.1, 0.15) is 16.0 Å². The Morgan fingerprint density at radius 2 is 2.10 bits per heavy atom. The van der Waals surface area contributed by atoms with Crippen molar-refractivity contribution in [1.82, 2.24) is 5.32 Å². The summed E-state index contributed by atoms with van der Waals surface area (Å²) in [6, 6.07) is 10.1. The van der Waals surface area contributed by atoms with Crippen molar-refractivity contribution in [2.75, 3.05) is 20.3 Å². The number of halogens is 1. The van der Waals surface area contributed by atoms with Crippen LogP contribution in [0.4, 0.5) is 0 Å². The highest BCUT2D eigenvalue weighted by Gasteiger charge is 2.06. The molecule has 1 N–H and O–H groups in total. The zero-order valence-corrected chi connectivity index (χ0v) is 13.9. The van der Waals surface area contributed by atoms with Gasteiger partial charge in [-0.25, -0.2) is 0 Å². The maximum absolute atomic E-state index is 5.93. The molecule has 3 nitrogen and oxygen atoms in total. The number of hydrogen-bond acceptors (Lipinski definition) is 4. The van der Waals surface area contributed by atoms with E-state index < -0.39 is 0 Å². The summed E-state index contributed by atoms with van der Waals surface area (Å²) in [4.78, 5) is 1.12. The molecule has 2 aromatic rings. The number of ether oxygens (including phenoxy) is 2. The zero-order chi connectivity index (χ0) is 15.1. The summed E-state index contributed by atoms with van der Waals surface area (Å²) in [6.07, 6.45) is 0. The minimum Gasteiger partial charge on any atom is -0.488 e. The van der Waals surface area contributed by atoms with Crippen molar-refractivity contribution < 1.29 is 9.47 Å². The van der Waals surface area contributed by atoms with Crippen LogP contribution in [-0.4, -0.2) is 20.3 Å². The van der Waals surface area contributed by atoms with Crippen molar-refractivity contribution in [3.63, 3.8) is 0 Å². The molecule has 0 amide bonds. The molecule has 0 aliphatic heterocycles. The van der Waals surface area contributed by atoms with Gasteiger partial charge in [0.2, 0.25) is 0 Å². The highest BCUT2D eigenvalue weighted by Crippen LogP contribution is 2.25. The molecule has 1 aromatic carbocycles. The van der Waals surface area contributed by atoms with Crippen molar-refractivity contribution in [3.05, 3.63) is 50.7 Å². The fraction of sp³-hybridized carbons (Fsp3) is 0.375. The quantitative estimate of drug-likeness (QED) is 0.743. The van der Waals surface area contributed by atoms with E-state index in [1.54, 1.807) is 18.4 Å². The van der Waals surface area contributed by atoms with Gasteiger partial charge in [0.25, 0.3) is 0 Å². The Morgan fingerprint density at radius 1 is 1.24 bits per heavy atom. The molecule has 0 atom stereocenters. The lowest BCUT2D eigenvalue weighted by atomic mass is 10.1. The first-order chi connectivity index (χ1) is 10.2. The van der Waals surface area contributed by atoms with Crippen LogP contribution in [0.2, 0.25) is 4.34 Å². The van der Waals surface area contributed by atoms with Crippen molar-refractivity contribution in [2.24, 2.45) is 0 Å². The second-order valence-electron chi connectivity index (χ2n) is 4.78. The van der Waals surface area contributed by atoms with E-state index in [4.69, 9.17) is 21.1 Å². The summed E-state index contributed by atoms with van der Waals surface area (Å²) < 4.78 is 11.8. The van der Waals surface area contributed by atoms with Gasteiger partial charge >= 0.3 is 0 Å². The van der Waals surface area contributed by atoms with E-state index in [9.17, 15) is 0 Å². The van der Waals surface area contributed by atoms with Crippen LogP contribution in [-0.2, 0) is 17.9 Å². The minimum atomic E-state index is 0.547. The third-order valence-electron chi connectivity index (χ3n) is 3.01. The van der Waals surface area contributed by atoms with Crippen molar-refractivity contribution in [1.29, 1.82) is 0 Å². The fourth-order valence-electron chi connectivity index (χ4n) is 1.96. The number of hydrogen-bond donors (Lipinski definition) is 1. The van der Waals surface area contributed by atoms with E-state index in [1.807, 2.05) is 18.2 Å². The molecule has 0 fully saturated rings. The first kappa shape index (κ1) is 16.3. The number of rotatable bonds is 8. The van der Waals surface area contributed by atoms with Gasteiger partial charge in [-0.1, -0.05) is 29.3 Å². The molecule has 1 aromatic heterocycles. The number of nitrogens with one attached hydrogen (secondary N) is 1. The van der Waals surface area contributed by atoms with Gasteiger partial charge in [-0.3, -0.25) is 0 Å². The molecule has 5 heteroatoms. The largest absolute Gasteiger partial charge is 0.488 e. The van der Waals surface area contributed by atoms with Gasteiger partial charge in [0, 0.05) is 30.6 Å². The molecule has 1 heterocycles. The van der Waals surface area contributed by atoms with E-state index in [0.29, 0.717) is 13.2 Å². The number of benzene rings is 1. The molecule has 0 aliphatic rings. The molecule has 0 aliphatic carbocycles. The maximum atomic E-state index is 5.93. The first-order valence-electron chi connectivity index (χ1n) is 6.85. The Morgan fingerprint density at radius 3 is 2.81 bits per heavy atom. The van der Waals surface area contributed by atoms with Crippen molar-refractivity contribution in [2.45, 2.75) is 20.1 Å². The Balaban J connectivity index is 1.97. The Kier molecular flexibility index (Phi) is 6.51. The number of aryl methyl sites for hydroxylation is 1. The van der Waals surface area contributed by atoms with E-state index in [0.717, 1.165) is 33.6 Å². The maximum Gasteiger partial charge on any atom is 0.124 e. The standard InChI is InChI=1S/C16H20ClNO2S/c1-12-3-5-15(13(9-12)10-18-7-8-19-2)20-11-14-4-6-16(17)21-14/h3-6,9,18H,7-8,10-11H2,1-2H3.